The molecule has 0 aliphatic rings. The maximum atomic E-state index is 6.19. The molecule has 0 amide bonds. The molecular formula is C16H17Cl2N. The van der Waals surface area contributed by atoms with Gasteiger partial charge in [-0.3, -0.25) is 0 Å². The van der Waals surface area contributed by atoms with Gasteiger partial charge in [-0.05, 0) is 55.3 Å². The Morgan fingerprint density at radius 3 is 2.53 bits per heavy atom. The second-order valence-corrected chi connectivity index (χ2v) is 5.53. The topological polar surface area (TPSA) is 12.0 Å². The summed E-state index contributed by atoms with van der Waals surface area (Å²) in [6.45, 7) is 2.01. The predicted octanol–water partition coefficient (Wildman–Crippen LogP) is 4.81. The maximum Gasteiger partial charge on any atom is 0.0438 e. The zero-order valence-corrected chi connectivity index (χ0v) is 12.6. The van der Waals surface area contributed by atoms with Crippen LogP contribution in [0.3, 0.4) is 0 Å². The van der Waals surface area contributed by atoms with Crippen LogP contribution in [-0.4, -0.2) is 7.05 Å². The van der Waals surface area contributed by atoms with Gasteiger partial charge in [-0.25, -0.2) is 0 Å². The molecule has 0 heterocycles. The SMILES string of the molecule is CNC(Cc1cccc(Cl)c1)c1ccc(C)c(Cl)c1. The average molecular weight is 294 g/mol. The second-order valence-electron chi connectivity index (χ2n) is 4.68. The largest absolute Gasteiger partial charge is 0.313 e. The highest BCUT2D eigenvalue weighted by Gasteiger charge is 2.11. The Morgan fingerprint density at radius 1 is 1.11 bits per heavy atom. The molecule has 0 saturated carbocycles. The molecule has 2 aromatic carbocycles. The number of halogens is 2. The van der Waals surface area contributed by atoms with Crippen molar-refractivity contribution in [3.8, 4) is 0 Å². The van der Waals surface area contributed by atoms with Gasteiger partial charge in [-0.2, -0.15) is 0 Å². The van der Waals surface area contributed by atoms with Crippen molar-refractivity contribution in [2.75, 3.05) is 7.05 Å². The van der Waals surface area contributed by atoms with Gasteiger partial charge in [0.25, 0.3) is 0 Å². The summed E-state index contributed by atoms with van der Waals surface area (Å²) in [6, 6.07) is 14.4. The first-order chi connectivity index (χ1) is 9.10. The Balaban J connectivity index is 2.22. The molecule has 2 aromatic rings. The van der Waals surface area contributed by atoms with E-state index in [4.69, 9.17) is 23.2 Å². The molecule has 1 unspecified atom stereocenters. The summed E-state index contributed by atoms with van der Waals surface area (Å²) in [6.07, 6.45) is 0.885. The summed E-state index contributed by atoms with van der Waals surface area (Å²) in [5, 5.41) is 4.91. The normalized spacial score (nSPS) is 12.4. The molecular weight excluding hydrogens is 277 g/mol. The van der Waals surface area contributed by atoms with Crippen molar-refractivity contribution in [3.05, 3.63) is 69.2 Å². The molecule has 0 bridgehead atoms. The van der Waals surface area contributed by atoms with Gasteiger partial charge in [0.2, 0.25) is 0 Å². The van der Waals surface area contributed by atoms with Crippen molar-refractivity contribution in [2.45, 2.75) is 19.4 Å². The van der Waals surface area contributed by atoms with E-state index in [1.165, 1.54) is 11.1 Å². The lowest BCUT2D eigenvalue weighted by molar-refractivity contribution is 0.592. The van der Waals surface area contributed by atoms with Crippen molar-refractivity contribution in [3.63, 3.8) is 0 Å². The number of aryl methyl sites for hydroxylation is 1. The fraction of sp³-hybridized carbons (Fsp3) is 0.250. The summed E-state index contributed by atoms with van der Waals surface area (Å²) < 4.78 is 0. The van der Waals surface area contributed by atoms with Gasteiger partial charge < -0.3 is 5.32 Å². The molecule has 3 heteroatoms. The molecule has 0 aliphatic heterocycles. The molecule has 0 saturated heterocycles. The smallest absolute Gasteiger partial charge is 0.0438 e. The molecule has 0 fully saturated rings. The number of rotatable bonds is 4. The number of hydrogen-bond acceptors (Lipinski definition) is 1. The third-order valence-corrected chi connectivity index (χ3v) is 3.92. The summed E-state index contributed by atoms with van der Waals surface area (Å²) in [5.74, 6) is 0. The van der Waals surface area contributed by atoms with Gasteiger partial charge in [0.1, 0.15) is 0 Å². The monoisotopic (exact) mass is 293 g/mol. The first kappa shape index (κ1) is 14.4. The second kappa shape index (κ2) is 6.42. The molecule has 1 N–H and O–H groups in total. The summed E-state index contributed by atoms with van der Waals surface area (Å²) in [4.78, 5) is 0. The third kappa shape index (κ3) is 3.73. The molecule has 19 heavy (non-hydrogen) atoms. The van der Waals surface area contributed by atoms with Gasteiger partial charge in [-0.1, -0.05) is 47.5 Å². The number of benzene rings is 2. The van der Waals surface area contributed by atoms with Crippen LogP contribution in [0.15, 0.2) is 42.5 Å². The van der Waals surface area contributed by atoms with Crippen LogP contribution in [0.2, 0.25) is 10.0 Å². The fourth-order valence-corrected chi connectivity index (χ4v) is 2.51. The van der Waals surface area contributed by atoms with Gasteiger partial charge in [0, 0.05) is 16.1 Å². The number of likely N-dealkylation sites (N-methyl/N-ethyl adjacent to an activating group) is 1. The van der Waals surface area contributed by atoms with Crippen LogP contribution in [0.25, 0.3) is 0 Å². The highest BCUT2D eigenvalue weighted by atomic mass is 35.5. The maximum absolute atomic E-state index is 6.19. The van der Waals surface area contributed by atoms with Gasteiger partial charge >= 0.3 is 0 Å². The van der Waals surface area contributed by atoms with Gasteiger partial charge in [0.05, 0.1) is 0 Å². The van der Waals surface area contributed by atoms with Crippen molar-refractivity contribution in [1.29, 1.82) is 0 Å². The standard InChI is InChI=1S/C16H17Cl2N/c1-11-6-7-13(10-15(11)18)16(19-2)9-12-4-3-5-14(17)8-12/h3-8,10,16,19H,9H2,1-2H3. The summed E-state index contributed by atoms with van der Waals surface area (Å²) in [5.41, 5.74) is 3.50. The lowest BCUT2D eigenvalue weighted by Gasteiger charge is -2.18. The molecule has 1 nitrogen and oxygen atoms in total. The number of hydrogen-bond donors (Lipinski definition) is 1. The third-order valence-electron chi connectivity index (χ3n) is 3.28. The lowest BCUT2D eigenvalue weighted by Crippen LogP contribution is -2.18. The van der Waals surface area contributed by atoms with E-state index in [-0.39, 0.29) is 6.04 Å². The predicted molar refractivity (Wildman–Crippen MR) is 83.1 cm³/mol. The van der Waals surface area contributed by atoms with Crippen molar-refractivity contribution in [2.24, 2.45) is 0 Å². The van der Waals surface area contributed by atoms with Crippen LogP contribution in [0.1, 0.15) is 22.7 Å². The lowest BCUT2D eigenvalue weighted by atomic mass is 9.98. The van der Waals surface area contributed by atoms with Gasteiger partial charge in [0.15, 0.2) is 0 Å². The molecule has 2 rings (SSSR count). The molecule has 0 aliphatic carbocycles. The van der Waals surface area contributed by atoms with E-state index in [0.717, 1.165) is 22.0 Å². The zero-order valence-electron chi connectivity index (χ0n) is 11.1. The minimum Gasteiger partial charge on any atom is -0.313 e. The van der Waals surface area contributed by atoms with Gasteiger partial charge in [-0.15, -0.1) is 0 Å². The number of nitrogens with one attached hydrogen (secondary N) is 1. The summed E-state index contributed by atoms with van der Waals surface area (Å²) in [7, 11) is 1.96. The Morgan fingerprint density at radius 2 is 1.89 bits per heavy atom. The van der Waals surface area contributed by atoms with Crippen LogP contribution >= 0.6 is 23.2 Å². The van der Waals surface area contributed by atoms with Crippen LogP contribution in [-0.2, 0) is 6.42 Å². The van der Waals surface area contributed by atoms with E-state index in [9.17, 15) is 0 Å². The Kier molecular flexibility index (Phi) is 4.87. The quantitative estimate of drug-likeness (QED) is 0.853. The Labute approximate surface area is 124 Å². The highest BCUT2D eigenvalue weighted by Crippen LogP contribution is 2.24. The minimum atomic E-state index is 0.233. The van der Waals surface area contributed by atoms with E-state index < -0.39 is 0 Å². The van der Waals surface area contributed by atoms with Crippen molar-refractivity contribution in [1.82, 2.24) is 5.32 Å². The van der Waals surface area contributed by atoms with Crippen molar-refractivity contribution >= 4 is 23.2 Å². The Hall–Kier alpha value is -1.02. The van der Waals surface area contributed by atoms with Crippen LogP contribution in [0.4, 0.5) is 0 Å². The zero-order chi connectivity index (χ0) is 13.8. The first-order valence-electron chi connectivity index (χ1n) is 6.28. The van der Waals surface area contributed by atoms with E-state index >= 15 is 0 Å². The van der Waals surface area contributed by atoms with Crippen LogP contribution < -0.4 is 5.32 Å². The van der Waals surface area contributed by atoms with Crippen LogP contribution in [0, 0.1) is 6.92 Å². The molecule has 1 atom stereocenters. The van der Waals surface area contributed by atoms with E-state index in [1.807, 2.05) is 38.2 Å². The minimum absolute atomic E-state index is 0.233. The fourth-order valence-electron chi connectivity index (χ4n) is 2.11. The first-order valence-corrected chi connectivity index (χ1v) is 7.03. The Bertz CT molecular complexity index is 566. The molecule has 100 valence electrons. The molecule has 0 aromatic heterocycles. The average Bonchev–Trinajstić information content (AvgIpc) is 2.39. The van der Waals surface area contributed by atoms with E-state index in [1.54, 1.807) is 0 Å². The molecule has 0 radical (unpaired) electrons. The van der Waals surface area contributed by atoms with E-state index in [0.29, 0.717) is 0 Å². The van der Waals surface area contributed by atoms with E-state index in [2.05, 4.69) is 23.5 Å². The summed E-state index contributed by atoms with van der Waals surface area (Å²) >= 11 is 12.2. The molecule has 0 spiro atoms. The highest BCUT2D eigenvalue weighted by molar-refractivity contribution is 6.31. The van der Waals surface area contributed by atoms with Crippen LogP contribution in [0.5, 0.6) is 0 Å². The van der Waals surface area contributed by atoms with Crippen molar-refractivity contribution < 1.29 is 0 Å².